The second kappa shape index (κ2) is 10.7. The quantitative estimate of drug-likeness (QED) is 0.349. The fourth-order valence-electron chi connectivity index (χ4n) is 3.24. The van der Waals surface area contributed by atoms with Gasteiger partial charge in [0.05, 0.1) is 5.69 Å². The van der Waals surface area contributed by atoms with Gasteiger partial charge in [-0.3, -0.25) is 14.4 Å². The van der Waals surface area contributed by atoms with Gasteiger partial charge in [0.15, 0.2) is 23.7 Å². The van der Waals surface area contributed by atoms with Gasteiger partial charge in [-0.05, 0) is 24.3 Å². The van der Waals surface area contributed by atoms with E-state index in [1.807, 2.05) is 12.1 Å². The zero-order valence-electron chi connectivity index (χ0n) is 17.6. The van der Waals surface area contributed by atoms with Gasteiger partial charge in [0.25, 0.3) is 0 Å². The first-order valence-corrected chi connectivity index (χ1v) is 11.2. The summed E-state index contributed by atoms with van der Waals surface area (Å²) in [6.07, 6.45) is -2.79. The lowest BCUT2D eigenvalue weighted by molar-refractivity contribution is -0.186. The predicted molar refractivity (Wildman–Crippen MR) is 118 cm³/mol. The van der Waals surface area contributed by atoms with E-state index in [1.54, 1.807) is 30.3 Å². The monoisotopic (exact) mass is 479 g/mol. The summed E-state index contributed by atoms with van der Waals surface area (Å²) in [5, 5.41) is 0.368. The third-order valence-corrected chi connectivity index (χ3v) is 5.83. The number of carbonyl (C=O) groups is 3. The summed E-state index contributed by atoms with van der Waals surface area (Å²) < 4.78 is 22.2. The number of carbonyl (C=O) groups excluding carboxylic acids is 3. The van der Waals surface area contributed by atoms with Gasteiger partial charge in [-0.15, -0.1) is 11.8 Å². The third-order valence-electron chi connectivity index (χ3n) is 4.40. The van der Waals surface area contributed by atoms with Gasteiger partial charge >= 0.3 is 17.9 Å². The van der Waals surface area contributed by atoms with Crippen LogP contribution in [0.25, 0.3) is 11.3 Å². The van der Waals surface area contributed by atoms with Crippen LogP contribution >= 0.6 is 23.4 Å². The molecule has 2 heterocycles. The number of hydrogen-bond acceptors (Lipinski definition) is 9. The van der Waals surface area contributed by atoms with E-state index in [2.05, 4.69) is 4.98 Å². The van der Waals surface area contributed by atoms with Crippen LogP contribution in [0.5, 0.6) is 5.75 Å². The standard InChI is InChI=1S/C22H22ClNO7S/c1-12(25)28-18-11-32-22(21(30-14(3)27)20(18)29-13(2)26)31-16-7-4-6-15(10-16)17-8-5-9-19(23)24-17/h4-10,18,20-22H,11H2,1-3H3/t18-,20+,21-,22+/m1/s1. The molecule has 1 aromatic heterocycles. The Balaban J connectivity index is 1.87. The number of halogens is 1. The highest BCUT2D eigenvalue weighted by Gasteiger charge is 2.47. The van der Waals surface area contributed by atoms with Crippen LogP contribution in [0.1, 0.15) is 20.8 Å². The summed E-state index contributed by atoms with van der Waals surface area (Å²) >= 11 is 7.28. The van der Waals surface area contributed by atoms with Crippen molar-refractivity contribution in [3.8, 4) is 17.0 Å². The van der Waals surface area contributed by atoms with E-state index in [0.29, 0.717) is 16.6 Å². The molecule has 1 saturated heterocycles. The Labute approximate surface area is 194 Å². The zero-order chi connectivity index (χ0) is 23.3. The maximum absolute atomic E-state index is 11.8. The molecule has 10 heteroatoms. The van der Waals surface area contributed by atoms with Gasteiger partial charge in [0.1, 0.15) is 10.9 Å². The smallest absolute Gasteiger partial charge is 0.303 e. The van der Waals surface area contributed by atoms with Crippen molar-refractivity contribution in [1.29, 1.82) is 0 Å². The number of benzene rings is 1. The maximum Gasteiger partial charge on any atom is 0.303 e. The lowest BCUT2D eigenvalue weighted by atomic mass is 10.1. The lowest BCUT2D eigenvalue weighted by Crippen LogP contribution is -2.55. The van der Waals surface area contributed by atoms with Crippen molar-refractivity contribution in [2.24, 2.45) is 0 Å². The summed E-state index contributed by atoms with van der Waals surface area (Å²) in [5.41, 5.74) is 0.741. The Kier molecular flexibility index (Phi) is 7.98. The number of thioether (sulfide) groups is 1. The van der Waals surface area contributed by atoms with Gasteiger partial charge in [-0.25, -0.2) is 4.98 Å². The summed E-state index contributed by atoms with van der Waals surface area (Å²) in [6.45, 7) is 3.73. The molecular formula is C22H22ClNO7S. The van der Waals surface area contributed by atoms with Crippen LogP contribution in [-0.2, 0) is 28.6 Å². The molecule has 0 N–H and O–H groups in total. The maximum atomic E-state index is 11.8. The van der Waals surface area contributed by atoms with Crippen molar-refractivity contribution >= 4 is 41.3 Å². The number of pyridine rings is 1. The van der Waals surface area contributed by atoms with Crippen molar-refractivity contribution in [3.63, 3.8) is 0 Å². The molecule has 1 aliphatic heterocycles. The molecule has 0 bridgehead atoms. The SMILES string of the molecule is CC(=O)O[C@@H]1[C@@H](OC(C)=O)[C@@H](Oc2cccc(-c3cccc(Cl)n3)c2)SC[C@H]1OC(C)=O. The summed E-state index contributed by atoms with van der Waals surface area (Å²) in [6, 6.07) is 12.5. The molecule has 8 nitrogen and oxygen atoms in total. The molecule has 3 rings (SSSR count). The first-order valence-electron chi connectivity index (χ1n) is 9.76. The highest BCUT2D eigenvalue weighted by atomic mass is 35.5. The zero-order valence-corrected chi connectivity index (χ0v) is 19.2. The molecule has 1 aromatic carbocycles. The number of esters is 3. The molecule has 0 unspecified atom stereocenters. The van der Waals surface area contributed by atoms with Gasteiger partial charge in [0.2, 0.25) is 0 Å². The average Bonchev–Trinajstić information content (AvgIpc) is 2.71. The van der Waals surface area contributed by atoms with Gasteiger partial charge in [-0.1, -0.05) is 29.8 Å². The van der Waals surface area contributed by atoms with Crippen LogP contribution in [-0.4, -0.2) is 52.4 Å². The van der Waals surface area contributed by atoms with Gasteiger partial charge in [-0.2, -0.15) is 0 Å². The minimum Gasteiger partial charge on any atom is -0.476 e. The summed E-state index contributed by atoms with van der Waals surface area (Å²) in [7, 11) is 0. The molecule has 2 aromatic rings. The van der Waals surface area contributed by atoms with Crippen molar-refractivity contribution in [2.75, 3.05) is 5.75 Å². The Morgan fingerprint density at radius 3 is 2.25 bits per heavy atom. The molecular weight excluding hydrogens is 458 g/mol. The van der Waals surface area contributed by atoms with Crippen molar-refractivity contribution in [3.05, 3.63) is 47.6 Å². The molecule has 32 heavy (non-hydrogen) atoms. The molecule has 0 radical (unpaired) electrons. The summed E-state index contributed by atoms with van der Waals surface area (Å²) in [4.78, 5) is 39.3. The highest BCUT2D eigenvalue weighted by Crippen LogP contribution is 2.35. The number of aromatic nitrogens is 1. The molecule has 4 atom stereocenters. The second-order valence-electron chi connectivity index (χ2n) is 6.99. The van der Waals surface area contributed by atoms with E-state index in [-0.39, 0.29) is 5.75 Å². The number of nitrogens with zero attached hydrogens (tertiary/aromatic N) is 1. The van der Waals surface area contributed by atoms with Gasteiger partial charge in [0, 0.05) is 32.1 Å². The van der Waals surface area contributed by atoms with Crippen LogP contribution in [0, 0.1) is 0 Å². The molecule has 0 aliphatic carbocycles. The van der Waals surface area contributed by atoms with E-state index in [0.717, 1.165) is 5.56 Å². The normalized spacial score (nSPS) is 22.5. The second-order valence-corrected chi connectivity index (χ2v) is 8.51. The highest BCUT2D eigenvalue weighted by molar-refractivity contribution is 7.99. The van der Waals surface area contributed by atoms with Crippen LogP contribution < -0.4 is 4.74 Å². The van der Waals surface area contributed by atoms with Crippen LogP contribution in [0.3, 0.4) is 0 Å². The van der Waals surface area contributed by atoms with E-state index in [9.17, 15) is 14.4 Å². The van der Waals surface area contributed by atoms with Crippen molar-refractivity contribution in [1.82, 2.24) is 4.98 Å². The van der Waals surface area contributed by atoms with E-state index in [1.165, 1.54) is 32.5 Å². The fourth-order valence-corrected chi connectivity index (χ4v) is 4.62. The largest absolute Gasteiger partial charge is 0.476 e. The van der Waals surface area contributed by atoms with Crippen molar-refractivity contribution in [2.45, 2.75) is 44.5 Å². The Morgan fingerprint density at radius 1 is 0.938 bits per heavy atom. The van der Waals surface area contributed by atoms with Crippen LogP contribution in [0.15, 0.2) is 42.5 Å². The van der Waals surface area contributed by atoms with E-state index < -0.39 is 41.7 Å². The molecule has 0 amide bonds. The molecule has 0 saturated carbocycles. The molecule has 0 spiro atoms. The van der Waals surface area contributed by atoms with Crippen LogP contribution in [0.2, 0.25) is 5.15 Å². The average molecular weight is 480 g/mol. The summed E-state index contributed by atoms with van der Waals surface area (Å²) in [5.74, 6) is -0.928. The third kappa shape index (κ3) is 6.37. The molecule has 1 fully saturated rings. The molecule has 1 aliphatic rings. The fraction of sp³-hybridized carbons (Fsp3) is 0.364. The van der Waals surface area contributed by atoms with E-state index in [4.69, 9.17) is 30.5 Å². The number of hydrogen-bond donors (Lipinski definition) is 0. The lowest BCUT2D eigenvalue weighted by Gasteiger charge is -2.39. The first-order chi connectivity index (χ1) is 15.2. The van der Waals surface area contributed by atoms with Crippen molar-refractivity contribution < 1.29 is 33.3 Å². The number of rotatable bonds is 6. The Morgan fingerprint density at radius 2 is 1.59 bits per heavy atom. The topological polar surface area (TPSA) is 101 Å². The molecule has 170 valence electrons. The minimum absolute atomic E-state index is 0.287. The number of ether oxygens (including phenoxy) is 4. The first kappa shape index (κ1) is 23.9. The van der Waals surface area contributed by atoms with E-state index >= 15 is 0 Å². The predicted octanol–water partition coefficient (Wildman–Crippen LogP) is 3.65. The Hall–Kier alpha value is -2.78. The minimum atomic E-state index is -1.01. The van der Waals surface area contributed by atoms with Crippen LogP contribution in [0.4, 0.5) is 0 Å². The Bertz CT molecular complexity index is 1000. The van der Waals surface area contributed by atoms with Gasteiger partial charge < -0.3 is 18.9 Å².